The van der Waals surface area contributed by atoms with Crippen molar-refractivity contribution in [1.82, 2.24) is 14.9 Å². The van der Waals surface area contributed by atoms with Crippen LogP contribution in [0, 0.1) is 18.2 Å². The molecule has 6 heteroatoms. The van der Waals surface area contributed by atoms with E-state index in [4.69, 9.17) is 5.41 Å². The number of nitrogens with one attached hydrogen (secondary N) is 2. The minimum atomic E-state index is -0.260. The average molecular weight is 350 g/mol. The molecule has 0 fully saturated rings. The molecule has 132 valence electrons. The quantitative estimate of drug-likeness (QED) is 0.670. The topological polar surface area (TPSA) is 76.0 Å². The van der Waals surface area contributed by atoms with E-state index in [2.05, 4.69) is 9.97 Å². The van der Waals surface area contributed by atoms with Gasteiger partial charge in [-0.3, -0.25) is 5.41 Å². The van der Waals surface area contributed by atoms with Gasteiger partial charge in [-0.15, -0.1) is 0 Å². The van der Waals surface area contributed by atoms with Crippen molar-refractivity contribution in [3.8, 4) is 0 Å². The summed E-state index contributed by atoms with van der Waals surface area (Å²) in [6.45, 7) is 2.86. The van der Waals surface area contributed by atoms with Crippen LogP contribution in [0.3, 0.4) is 0 Å². The molecular weight excluding hydrogens is 331 g/mol. The lowest BCUT2D eigenvalue weighted by atomic mass is 10.1. The van der Waals surface area contributed by atoms with Crippen molar-refractivity contribution in [2.45, 2.75) is 13.3 Å². The molecule has 1 aliphatic heterocycles. The molecule has 1 aliphatic rings. The molecular formula is C20H19FN4O. The van der Waals surface area contributed by atoms with Gasteiger partial charge in [-0.1, -0.05) is 18.2 Å². The van der Waals surface area contributed by atoms with Crippen LogP contribution in [-0.2, 0) is 6.42 Å². The summed E-state index contributed by atoms with van der Waals surface area (Å²) in [5, 5.41) is 18.8. The van der Waals surface area contributed by atoms with E-state index in [1.807, 2.05) is 25.1 Å². The maximum absolute atomic E-state index is 13.0. The Morgan fingerprint density at radius 1 is 1.23 bits per heavy atom. The van der Waals surface area contributed by atoms with Crippen LogP contribution in [0.5, 0.6) is 0 Å². The highest BCUT2D eigenvalue weighted by molar-refractivity contribution is 6.23. The zero-order chi connectivity index (χ0) is 18.3. The van der Waals surface area contributed by atoms with Gasteiger partial charge >= 0.3 is 0 Å². The number of amidine groups is 1. The summed E-state index contributed by atoms with van der Waals surface area (Å²) >= 11 is 0. The number of imidazole rings is 1. The summed E-state index contributed by atoms with van der Waals surface area (Å²) < 4.78 is 13.0. The Kier molecular flexibility index (Phi) is 3.95. The van der Waals surface area contributed by atoms with Gasteiger partial charge in [-0.05, 0) is 48.7 Å². The molecule has 0 aliphatic carbocycles. The molecule has 1 aromatic heterocycles. The van der Waals surface area contributed by atoms with Gasteiger partial charge in [0.05, 0.1) is 23.2 Å². The average Bonchev–Trinajstić information content (AvgIpc) is 3.14. The van der Waals surface area contributed by atoms with Crippen molar-refractivity contribution in [2.75, 3.05) is 13.1 Å². The van der Waals surface area contributed by atoms with Crippen molar-refractivity contribution in [1.29, 1.82) is 5.41 Å². The summed E-state index contributed by atoms with van der Waals surface area (Å²) in [4.78, 5) is 9.52. The molecule has 3 aromatic rings. The van der Waals surface area contributed by atoms with Gasteiger partial charge in [0.25, 0.3) is 0 Å². The molecule has 0 saturated carbocycles. The summed E-state index contributed by atoms with van der Waals surface area (Å²) in [5.41, 5.74) is 4.25. The number of nitrogens with zero attached hydrogens (tertiary/aromatic N) is 2. The molecule has 0 spiro atoms. The molecule has 0 atom stereocenters. The van der Waals surface area contributed by atoms with E-state index in [9.17, 15) is 9.50 Å². The van der Waals surface area contributed by atoms with Crippen molar-refractivity contribution in [3.63, 3.8) is 0 Å². The molecule has 0 unspecified atom stereocenters. The van der Waals surface area contributed by atoms with Crippen LogP contribution < -0.4 is 0 Å². The lowest BCUT2D eigenvalue weighted by Gasteiger charge is -2.18. The number of aromatic nitrogens is 2. The summed E-state index contributed by atoms with van der Waals surface area (Å²) in [7, 11) is 0. The zero-order valence-corrected chi connectivity index (χ0v) is 14.4. The number of benzene rings is 2. The van der Waals surface area contributed by atoms with Crippen LogP contribution in [0.4, 0.5) is 4.39 Å². The second-order valence-corrected chi connectivity index (χ2v) is 6.57. The number of hydrogen-bond acceptors (Lipinski definition) is 3. The molecule has 0 bridgehead atoms. The smallest absolute Gasteiger partial charge is 0.145 e. The molecule has 2 heterocycles. The number of hydrogen-bond donors (Lipinski definition) is 3. The first-order valence-corrected chi connectivity index (χ1v) is 8.48. The largest absolute Gasteiger partial charge is 0.510 e. The third-order valence-electron chi connectivity index (χ3n) is 4.64. The highest BCUT2D eigenvalue weighted by Gasteiger charge is 2.30. The number of H-pyrrole nitrogens is 1. The fourth-order valence-electron chi connectivity index (χ4n) is 3.23. The number of halogens is 1. The van der Waals surface area contributed by atoms with Gasteiger partial charge in [0.2, 0.25) is 0 Å². The Bertz CT molecular complexity index is 1020. The van der Waals surface area contributed by atoms with Gasteiger partial charge in [0.15, 0.2) is 0 Å². The summed E-state index contributed by atoms with van der Waals surface area (Å²) in [5.74, 6) is 0.645. The minimum Gasteiger partial charge on any atom is -0.510 e. The highest BCUT2D eigenvalue weighted by atomic mass is 19.1. The highest BCUT2D eigenvalue weighted by Crippen LogP contribution is 2.27. The number of aromatic amines is 1. The van der Waals surface area contributed by atoms with Crippen LogP contribution >= 0.6 is 0 Å². The maximum atomic E-state index is 13.0. The van der Waals surface area contributed by atoms with Gasteiger partial charge < -0.3 is 15.0 Å². The van der Waals surface area contributed by atoms with E-state index in [0.717, 1.165) is 22.2 Å². The number of rotatable bonds is 4. The van der Waals surface area contributed by atoms with E-state index in [1.54, 1.807) is 17.0 Å². The van der Waals surface area contributed by atoms with Crippen molar-refractivity contribution >= 4 is 22.4 Å². The molecule has 0 saturated heterocycles. The molecule has 5 nitrogen and oxygen atoms in total. The molecule has 26 heavy (non-hydrogen) atoms. The fourth-order valence-corrected chi connectivity index (χ4v) is 3.23. The molecule has 0 radical (unpaired) electrons. The Morgan fingerprint density at radius 3 is 2.77 bits per heavy atom. The van der Waals surface area contributed by atoms with Gasteiger partial charge in [0, 0.05) is 6.54 Å². The third-order valence-corrected chi connectivity index (χ3v) is 4.64. The van der Waals surface area contributed by atoms with E-state index >= 15 is 0 Å². The van der Waals surface area contributed by atoms with E-state index in [1.165, 1.54) is 12.1 Å². The van der Waals surface area contributed by atoms with Crippen molar-refractivity contribution in [3.05, 3.63) is 71.0 Å². The summed E-state index contributed by atoms with van der Waals surface area (Å²) in [6, 6.07) is 12.2. The van der Waals surface area contributed by atoms with Crippen LogP contribution in [-0.4, -0.2) is 38.9 Å². The van der Waals surface area contributed by atoms with E-state index < -0.39 is 0 Å². The monoisotopic (exact) mass is 350 g/mol. The van der Waals surface area contributed by atoms with Crippen LogP contribution in [0.25, 0.3) is 16.6 Å². The predicted molar refractivity (Wildman–Crippen MR) is 99.8 cm³/mol. The Balaban J connectivity index is 1.53. The Labute approximate surface area is 150 Å². The van der Waals surface area contributed by atoms with Gasteiger partial charge in [0.1, 0.15) is 23.2 Å². The van der Waals surface area contributed by atoms with Gasteiger partial charge in [-0.25, -0.2) is 9.37 Å². The SMILES string of the molecule is Cc1ccc2nc(C3=C(O)CN(CCc4ccc(F)cc4)C3=N)[nH]c2c1. The van der Waals surface area contributed by atoms with E-state index in [-0.39, 0.29) is 24.0 Å². The first-order chi connectivity index (χ1) is 12.5. The first kappa shape index (κ1) is 16.3. The normalized spacial score (nSPS) is 14.7. The second kappa shape index (κ2) is 6.29. The van der Waals surface area contributed by atoms with Gasteiger partial charge in [-0.2, -0.15) is 0 Å². The first-order valence-electron chi connectivity index (χ1n) is 8.48. The third kappa shape index (κ3) is 2.94. The number of fused-ring (bicyclic) bond motifs is 1. The molecule has 0 amide bonds. The Morgan fingerprint density at radius 2 is 2.00 bits per heavy atom. The number of aryl methyl sites for hydroxylation is 1. The van der Waals surface area contributed by atoms with Crippen molar-refractivity contribution in [2.24, 2.45) is 0 Å². The molecule has 4 rings (SSSR count). The minimum absolute atomic E-state index is 0.143. The van der Waals surface area contributed by atoms with Crippen LogP contribution in [0.2, 0.25) is 0 Å². The number of aliphatic hydroxyl groups excluding tert-OH is 1. The lowest BCUT2D eigenvalue weighted by molar-refractivity contribution is 0.351. The van der Waals surface area contributed by atoms with Crippen LogP contribution in [0.1, 0.15) is 17.0 Å². The molecule has 3 N–H and O–H groups in total. The number of aliphatic hydroxyl groups is 1. The molecule has 2 aromatic carbocycles. The zero-order valence-electron chi connectivity index (χ0n) is 14.4. The maximum Gasteiger partial charge on any atom is 0.145 e. The fraction of sp³-hybridized carbons (Fsp3) is 0.200. The Hall–Kier alpha value is -3.15. The lowest BCUT2D eigenvalue weighted by Crippen LogP contribution is -2.29. The van der Waals surface area contributed by atoms with Crippen molar-refractivity contribution < 1.29 is 9.50 Å². The summed E-state index contributed by atoms with van der Waals surface area (Å²) in [6.07, 6.45) is 0.669. The standard InChI is InChI=1S/C20H19FN4O/c1-12-2-7-15-16(10-12)24-20(23-15)18-17(26)11-25(19(18)22)9-8-13-3-5-14(21)6-4-13/h2-7,10,22,26H,8-9,11H2,1H3,(H,23,24). The predicted octanol–water partition coefficient (Wildman–Crippen LogP) is 3.82. The van der Waals surface area contributed by atoms with E-state index in [0.29, 0.717) is 24.4 Å². The second-order valence-electron chi connectivity index (χ2n) is 6.57. The van der Waals surface area contributed by atoms with Crippen LogP contribution in [0.15, 0.2) is 48.2 Å².